The van der Waals surface area contributed by atoms with E-state index in [4.69, 9.17) is 9.47 Å². The summed E-state index contributed by atoms with van der Waals surface area (Å²) in [4.78, 5) is 22.2. The molecule has 1 aliphatic rings. The summed E-state index contributed by atoms with van der Waals surface area (Å²) >= 11 is 0. The molecule has 1 aromatic rings. The van der Waals surface area contributed by atoms with Gasteiger partial charge in [-0.1, -0.05) is 30.3 Å². The minimum atomic E-state index is -1.43. The zero-order valence-electron chi connectivity index (χ0n) is 12.1. The van der Waals surface area contributed by atoms with Gasteiger partial charge in [0, 0.05) is 6.92 Å². The molecule has 0 aliphatic carbocycles. The minimum Gasteiger partial charge on any atom is -0.388 e. The van der Waals surface area contributed by atoms with Crippen molar-refractivity contribution in [3.63, 3.8) is 0 Å². The third-order valence-electron chi connectivity index (χ3n) is 3.40. The van der Waals surface area contributed by atoms with Gasteiger partial charge in [-0.05, 0) is 5.56 Å². The molecule has 0 unspecified atom stereocenters. The summed E-state index contributed by atoms with van der Waals surface area (Å²) < 4.78 is 10.9. The van der Waals surface area contributed by atoms with Gasteiger partial charge in [-0.2, -0.15) is 0 Å². The lowest BCUT2D eigenvalue weighted by molar-refractivity contribution is -0.259. The SMILES string of the molecule is CC(=O)N[C@H]1[C@@H](OCc2ccccc2)O[C@H](C=O)[C@@H](O)[C@@H]1O. The van der Waals surface area contributed by atoms with E-state index in [1.807, 2.05) is 30.3 Å². The van der Waals surface area contributed by atoms with Crippen LogP contribution in [-0.4, -0.2) is 53.1 Å². The number of aldehydes is 1. The molecule has 2 rings (SSSR count). The predicted molar refractivity (Wildman–Crippen MR) is 75.6 cm³/mol. The Bertz CT molecular complexity index is 508. The van der Waals surface area contributed by atoms with Crippen molar-refractivity contribution in [2.75, 3.05) is 0 Å². The van der Waals surface area contributed by atoms with E-state index in [-0.39, 0.29) is 6.61 Å². The van der Waals surface area contributed by atoms with Crippen molar-refractivity contribution < 1.29 is 29.3 Å². The second-order valence-electron chi connectivity index (χ2n) is 5.11. The molecule has 1 aromatic carbocycles. The molecule has 0 radical (unpaired) electrons. The number of carbonyl (C=O) groups excluding carboxylic acids is 2. The number of aliphatic hydroxyl groups excluding tert-OH is 2. The highest BCUT2D eigenvalue weighted by atomic mass is 16.7. The monoisotopic (exact) mass is 309 g/mol. The number of amides is 1. The summed E-state index contributed by atoms with van der Waals surface area (Å²) in [5, 5.41) is 22.4. The normalized spacial score (nSPS) is 31.5. The van der Waals surface area contributed by atoms with Crippen LogP contribution in [0.3, 0.4) is 0 Å². The minimum absolute atomic E-state index is 0.177. The maximum atomic E-state index is 11.3. The lowest BCUT2D eigenvalue weighted by atomic mass is 9.97. The maximum absolute atomic E-state index is 11.3. The highest BCUT2D eigenvalue weighted by Crippen LogP contribution is 2.22. The fraction of sp³-hybridized carbons (Fsp3) is 0.467. The molecule has 7 heteroatoms. The van der Waals surface area contributed by atoms with E-state index in [1.165, 1.54) is 6.92 Å². The average Bonchev–Trinajstić information content (AvgIpc) is 2.52. The Kier molecular flexibility index (Phi) is 5.62. The van der Waals surface area contributed by atoms with Crippen LogP contribution in [-0.2, 0) is 25.7 Å². The molecule has 1 amide bonds. The third-order valence-corrected chi connectivity index (χ3v) is 3.40. The first-order valence-corrected chi connectivity index (χ1v) is 6.92. The molecule has 1 heterocycles. The number of ether oxygens (including phenoxy) is 2. The molecular formula is C15H19NO6. The zero-order valence-corrected chi connectivity index (χ0v) is 12.1. The maximum Gasteiger partial charge on any atom is 0.217 e. The molecule has 1 aliphatic heterocycles. The van der Waals surface area contributed by atoms with E-state index in [0.717, 1.165) is 5.56 Å². The summed E-state index contributed by atoms with van der Waals surface area (Å²) in [6, 6.07) is 8.28. The standard InChI is InChI=1S/C15H19NO6/c1-9(18)16-12-14(20)13(19)11(7-17)22-15(12)21-8-10-5-3-2-4-6-10/h2-7,11-15,19-20H,8H2,1H3,(H,16,18)/t11-,12-,13-,14-,15+/m1/s1. The Morgan fingerprint density at radius 3 is 2.59 bits per heavy atom. The van der Waals surface area contributed by atoms with E-state index >= 15 is 0 Å². The van der Waals surface area contributed by atoms with Crippen LogP contribution in [0.5, 0.6) is 0 Å². The summed E-state index contributed by atoms with van der Waals surface area (Å²) in [5.74, 6) is -0.405. The van der Waals surface area contributed by atoms with Crippen LogP contribution in [0, 0.1) is 0 Å². The first kappa shape index (κ1) is 16.6. The van der Waals surface area contributed by atoms with E-state index < -0.39 is 36.6 Å². The Balaban J connectivity index is 2.09. The van der Waals surface area contributed by atoms with Gasteiger partial charge < -0.3 is 29.8 Å². The fourth-order valence-corrected chi connectivity index (χ4v) is 2.28. The van der Waals surface area contributed by atoms with Crippen molar-refractivity contribution in [2.45, 2.75) is 44.2 Å². The zero-order chi connectivity index (χ0) is 16.1. The number of hydrogen-bond acceptors (Lipinski definition) is 6. The van der Waals surface area contributed by atoms with Crippen molar-refractivity contribution >= 4 is 12.2 Å². The van der Waals surface area contributed by atoms with Gasteiger partial charge in [-0.25, -0.2) is 0 Å². The van der Waals surface area contributed by atoms with Crippen molar-refractivity contribution in [3.8, 4) is 0 Å². The van der Waals surface area contributed by atoms with Crippen molar-refractivity contribution in [1.29, 1.82) is 0 Å². The number of carbonyl (C=O) groups is 2. The van der Waals surface area contributed by atoms with Gasteiger partial charge >= 0.3 is 0 Å². The highest BCUT2D eigenvalue weighted by Gasteiger charge is 2.45. The summed E-state index contributed by atoms with van der Waals surface area (Å²) in [5.41, 5.74) is 0.871. The van der Waals surface area contributed by atoms with E-state index in [2.05, 4.69) is 5.32 Å². The van der Waals surface area contributed by atoms with Crippen molar-refractivity contribution in [2.24, 2.45) is 0 Å². The molecule has 0 saturated carbocycles. The fourth-order valence-electron chi connectivity index (χ4n) is 2.28. The molecule has 0 aromatic heterocycles. The summed E-state index contributed by atoms with van der Waals surface area (Å²) in [6.07, 6.45) is -4.64. The Hall–Kier alpha value is -1.80. The van der Waals surface area contributed by atoms with Gasteiger partial charge in [-0.15, -0.1) is 0 Å². The molecular weight excluding hydrogens is 290 g/mol. The topological polar surface area (TPSA) is 105 Å². The number of nitrogens with one attached hydrogen (secondary N) is 1. The molecule has 1 fully saturated rings. The summed E-state index contributed by atoms with van der Waals surface area (Å²) in [7, 11) is 0. The van der Waals surface area contributed by atoms with Gasteiger partial charge in [0.15, 0.2) is 12.6 Å². The molecule has 22 heavy (non-hydrogen) atoms. The molecule has 0 bridgehead atoms. The van der Waals surface area contributed by atoms with Crippen molar-refractivity contribution in [1.82, 2.24) is 5.32 Å². The second kappa shape index (κ2) is 7.46. The number of rotatable bonds is 5. The molecule has 120 valence electrons. The summed E-state index contributed by atoms with van der Waals surface area (Å²) in [6.45, 7) is 1.45. The Morgan fingerprint density at radius 1 is 1.32 bits per heavy atom. The Labute approximate surface area is 127 Å². The van der Waals surface area contributed by atoms with Gasteiger partial charge in [0.1, 0.15) is 24.4 Å². The van der Waals surface area contributed by atoms with Crippen LogP contribution in [0.4, 0.5) is 0 Å². The van der Waals surface area contributed by atoms with E-state index in [1.54, 1.807) is 0 Å². The molecule has 5 atom stereocenters. The van der Waals surface area contributed by atoms with E-state index in [0.29, 0.717) is 6.29 Å². The second-order valence-corrected chi connectivity index (χ2v) is 5.11. The molecule has 3 N–H and O–H groups in total. The van der Waals surface area contributed by atoms with Gasteiger partial charge in [-0.3, -0.25) is 4.79 Å². The smallest absolute Gasteiger partial charge is 0.217 e. The first-order chi connectivity index (χ1) is 10.5. The van der Waals surface area contributed by atoms with E-state index in [9.17, 15) is 19.8 Å². The van der Waals surface area contributed by atoms with Crippen molar-refractivity contribution in [3.05, 3.63) is 35.9 Å². The number of benzene rings is 1. The van der Waals surface area contributed by atoms with Gasteiger partial charge in [0.2, 0.25) is 5.91 Å². The average molecular weight is 309 g/mol. The largest absolute Gasteiger partial charge is 0.388 e. The van der Waals surface area contributed by atoms with Crippen LogP contribution >= 0.6 is 0 Å². The number of aliphatic hydroxyl groups is 2. The third kappa shape index (κ3) is 3.89. The van der Waals surface area contributed by atoms with Crippen LogP contribution in [0.1, 0.15) is 12.5 Å². The quantitative estimate of drug-likeness (QED) is 0.625. The Morgan fingerprint density at radius 2 is 2.00 bits per heavy atom. The molecule has 0 spiro atoms. The van der Waals surface area contributed by atoms with Gasteiger partial charge in [0.25, 0.3) is 0 Å². The number of hydrogen-bond donors (Lipinski definition) is 3. The van der Waals surface area contributed by atoms with Crippen LogP contribution in [0.2, 0.25) is 0 Å². The first-order valence-electron chi connectivity index (χ1n) is 6.92. The highest BCUT2D eigenvalue weighted by molar-refractivity contribution is 5.73. The van der Waals surface area contributed by atoms with Gasteiger partial charge in [0.05, 0.1) is 6.61 Å². The van der Waals surface area contributed by atoms with Crippen LogP contribution < -0.4 is 5.32 Å². The predicted octanol–water partition coefficient (Wildman–Crippen LogP) is -0.647. The molecule has 7 nitrogen and oxygen atoms in total. The lowest BCUT2D eigenvalue weighted by Crippen LogP contribution is -2.64. The lowest BCUT2D eigenvalue weighted by Gasteiger charge is -2.40. The molecule has 1 saturated heterocycles. The van der Waals surface area contributed by atoms with Crippen LogP contribution in [0.15, 0.2) is 30.3 Å². The van der Waals surface area contributed by atoms with Crippen LogP contribution in [0.25, 0.3) is 0 Å².